The third kappa shape index (κ3) is 5.41. The number of hydrogen-bond acceptors (Lipinski definition) is 4. The summed E-state index contributed by atoms with van der Waals surface area (Å²) in [6.45, 7) is 3.62. The number of aromatic amines is 2. The minimum absolute atomic E-state index is 0.694. The fourth-order valence-corrected chi connectivity index (χ4v) is 4.16. The standard InChI is InChI=1S/C23H22ClN3O.C2H2O4/c24-17-4-5-18-20(15-26-22(18)14-17)16-7-10-27(11-8-16)12-13-28-23-3-1-2-21-19(23)6-9-25-21;3-1(4)2(5)6/h1-7,9,14-15,25-26H,8,10-13H2;(H,3,4)(H,5,6). The summed E-state index contributed by atoms with van der Waals surface area (Å²) in [5.41, 5.74) is 4.91. The van der Waals surface area contributed by atoms with E-state index in [0.29, 0.717) is 6.61 Å². The van der Waals surface area contributed by atoms with Gasteiger partial charge in [-0.05, 0) is 42.3 Å². The third-order valence-corrected chi connectivity index (χ3v) is 5.92. The predicted molar refractivity (Wildman–Crippen MR) is 131 cm³/mol. The Morgan fingerprint density at radius 3 is 2.59 bits per heavy atom. The average Bonchev–Trinajstić information content (AvgIpc) is 3.47. The molecule has 0 aliphatic carbocycles. The molecule has 4 aromatic rings. The highest BCUT2D eigenvalue weighted by atomic mass is 35.5. The van der Waals surface area contributed by atoms with Gasteiger partial charge < -0.3 is 24.9 Å². The molecule has 0 unspecified atom stereocenters. The smallest absolute Gasteiger partial charge is 0.414 e. The number of carboxylic acids is 2. The Balaban J connectivity index is 0.000000408. The molecule has 3 heterocycles. The summed E-state index contributed by atoms with van der Waals surface area (Å²) in [6.07, 6.45) is 7.44. The van der Waals surface area contributed by atoms with Crippen molar-refractivity contribution in [3.8, 4) is 5.75 Å². The third-order valence-electron chi connectivity index (χ3n) is 5.69. The number of fused-ring (bicyclic) bond motifs is 2. The van der Waals surface area contributed by atoms with Gasteiger partial charge in [0.25, 0.3) is 0 Å². The van der Waals surface area contributed by atoms with Gasteiger partial charge in [0.15, 0.2) is 0 Å². The molecule has 0 amide bonds. The summed E-state index contributed by atoms with van der Waals surface area (Å²) in [5.74, 6) is -2.70. The lowest BCUT2D eigenvalue weighted by molar-refractivity contribution is -0.159. The highest BCUT2D eigenvalue weighted by Crippen LogP contribution is 2.30. The maximum atomic E-state index is 9.10. The largest absolute Gasteiger partial charge is 0.492 e. The van der Waals surface area contributed by atoms with Crippen LogP contribution in [0.3, 0.4) is 0 Å². The van der Waals surface area contributed by atoms with Crippen molar-refractivity contribution in [3.05, 3.63) is 71.5 Å². The van der Waals surface area contributed by atoms with E-state index in [4.69, 9.17) is 36.1 Å². The molecule has 176 valence electrons. The van der Waals surface area contributed by atoms with Crippen LogP contribution in [-0.4, -0.2) is 63.3 Å². The molecule has 2 aromatic heterocycles. The predicted octanol–water partition coefficient (Wildman–Crippen LogP) is 4.63. The molecule has 0 saturated heterocycles. The molecule has 2 aromatic carbocycles. The first-order chi connectivity index (χ1) is 16.4. The Bertz CT molecular complexity index is 1350. The summed E-state index contributed by atoms with van der Waals surface area (Å²) < 4.78 is 6.05. The lowest BCUT2D eigenvalue weighted by Gasteiger charge is -2.26. The van der Waals surface area contributed by atoms with Crippen LogP contribution in [0, 0.1) is 0 Å². The van der Waals surface area contributed by atoms with Crippen molar-refractivity contribution in [2.45, 2.75) is 6.42 Å². The number of ether oxygens (including phenoxy) is 1. The number of carbonyl (C=O) groups is 2. The zero-order valence-electron chi connectivity index (χ0n) is 18.3. The number of aliphatic carboxylic acids is 2. The van der Waals surface area contributed by atoms with Gasteiger partial charge in [0, 0.05) is 64.4 Å². The lowest BCUT2D eigenvalue weighted by atomic mass is 9.99. The minimum atomic E-state index is -1.82. The van der Waals surface area contributed by atoms with E-state index in [9.17, 15) is 0 Å². The Morgan fingerprint density at radius 2 is 1.85 bits per heavy atom. The first-order valence-corrected chi connectivity index (χ1v) is 11.1. The number of aromatic nitrogens is 2. The van der Waals surface area contributed by atoms with Crippen LogP contribution in [0.4, 0.5) is 0 Å². The van der Waals surface area contributed by atoms with Gasteiger partial charge in [-0.3, -0.25) is 4.90 Å². The highest BCUT2D eigenvalue weighted by molar-refractivity contribution is 6.31. The van der Waals surface area contributed by atoms with Crippen molar-refractivity contribution in [2.24, 2.45) is 0 Å². The Kier molecular flexibility index (Phi) is 7.20. The van der Waals surface area contributed by atoms with Crippen LogP contribution >= 0.6 is 11.6 Å². The van der Waals surface area contributed by atoms with Crippen LogP contribution in [0.15, 0.2) is 60.9 Å². The number of carboxylic acid groups (broad SMARTS) is 2. The maximum absolute atomic E-state index is 9.10. The van der Waals surface area contributed by atoms with Crippen LogP contribution in [0.5, 0.6) is 5.75 Å². The quantitative estimate of drug-likeness (QED) is 0.309. The van der Waals surface area contributed by atoms with Gasteiger partial charge in [0.05, 0.1) is 0 Å². The minimum Gasteiger partial charge on any atom is -0.492 e. The van der Waals surface area contributed by atoms with E-state index >= 15 is 0 Å². The molecule has 0 fully saturated rings. The number of halogens is 1. The molecule has 4 N–H and O–H groups in total. The SMILES string of the molecule is Clc1ccc2c(C3=CCN(CCOc4cccc5[nH]ccc45)CC3)c[nH]c2c1.O=C(O)C(=O)O. The highest BCUT2D eigenvalue weighted by Gasteiger charge is 2.16. The Morgan fingerprint density at radius 1 is 1.03 bits per heavy atom. The lowest BCUT2D eigenvalue weighted by Crippen LogP contribution is -2.32. The molecule has 34 heavy (non-hydrogen) atoms. The van der Waals surface area contributed by atoms with Gasteiger partial charge >= 0.3 is 11.9 Å². The van der Waals surface area contributed by atoms with E-state index in [0.717, 1.165) is 53.2 Å². The van der Waals surface area contributed by atoms with Crippen molar-refractivity contribution < 1.29 is 24.5 Å². The molecule has 0 saturated carbocycles. The van der Waals surface area contributed by atoms with Crippen molar-refractivity contribution in [2.75, 3.05) is 26.2 Å². The van der Waals surface area contributed by atoms with E-state index in [1.807, 2.05) is 30.5 Å². The van der Waals surface area contributed by atoms with Crippen LogP contribution < -0.4 is 4.74 Å². The summed E-state index contributed by atoms with van der Waals surface area (Å²) in [6, 6.07) is 14.2. The van der Waals surface area contributed by atoms with E-state index in [2.05, 4.69) is 45.3 Å². The fourth-order valence-electron chi connectivity index (χ4n) is 3.99. The first kappa shape index (κ1) is 23.4. The summed E-state index contributed by atoms with van der Waals surface area (Å²) in [7, 11) is 0. The number of rotatable bonds is 5. The van der Waals surface area contributed by atoms with E-state index < -0.39 is 11.9 Å². The monoisotopic (exact) mass is 481 g/mol. The zero-order chi connectivity index (χ0) is 24.1. The van der Waals surface area contributed by atoms with Crippen molar-refractivity contribution in [1.29, 1.82) is 0 Å². The second-order valence-electron chi connectivity index (χ2n) is 7.83. The zero-order valence-corrected chi connectivity index (χ0v) is 19.0. The summed E-state index contributed by atoms with van der Waals surface area (Å²) in [4.78, 5) is 27.2. The number of H-pyrrole nitrogens is 2. The van der Waals surface area contributed by atoms with Crippen LogP contribution in [0.1, 0.15) is 12.0 Å². The van der Waals surface area contributed by atoms with E-state index in [1.165, 1.54) is 16.5 Å². The van der Waals surface area contributed by atoms with Gasteiger partial charge in [-0.15, -0.1) is 0 Å². The number of benzene rings is 2. The van der Waals surface area contributed by atoms with Gasteiger partial charge in [0.2, 0.25) is 0 Å². The summed E-state index contributed by atoms with van der Waals surface area (Å²) in [5, 5.41) is 17.9. The molecule has 0 bridgehead atoms. The Labute approximate surface area is 200 Å². The van der Waals surface area contributed by atoms with E-state index in [1.54, 1.807) is 0 Å². The normalized spacial score (nSPS) is 13.9. The second-order valence-corrected chi connectivity index (χ2v) is 8.26. The molecule has 0 radical (unpaired) electrons. The maximum Gasteiger partial charge on any atom is 0.414 e. The first-order valence-electron chi connectivity index (χ1n) is 10.8. The van der Waals surface area contributed by atoms with Crippen molar-refractivity contribution in [3.63, 3.8) is 0 Å². The number of nitrogens with zero attached hydrogens (tertiary/aromatic N) is 1. The fraction of sp³-hybridized carbons (Fsp3) is 0.200. The van der Waals surface area contributed by atoms with Gasteiger partial charge in [-0.1, -0.05) is 29.8 Å². The van der Waals surface area contributed by atoms with E-state index in [-0.39, 0.29) is 0 Å². The molecule has 1 aliphatic rings. The van der Waals surface area contributed by atoms with Gasteiger partial charge in [-0.2, -0.15) is 0 Å². The molecular formula is C25H24ClN3O5. The van der Waals surface area contributed by atoms with Crippen LogP contribution in [0.25, 0.3) is 27.4 Å². The second kappa shape index (κ2) is 10.5. The molecule has 5 rings (SSSR count). The van der Waals surface area contributed by atoms with Gasteiger partial charge in [0.1, 0.15) is 12.4 Å². The average molecular weight is 482 g/mol. The molecule has 1 aliphatic heterocycles. The number of hydrogen-bond donors (Lipinski definition) is 4. The molecule has 0 atom stereocenters. The van der Waals surface area contributed by atoms with Crippen molar-refractivity contribution >= 4 is 50.9 Å². The molecular weight excluding hydrogens is 458 g/mol. The Hall–Kier alpha value is -3.75. The van der Waals surface area contributed by atoms with Crippen LogP contribution in [-0.2, 0) is 9.59 Å². The topological polar surface area (TPSA) is 119 Å². The van der Waals surface area contributed by atoms with Gasteiger partial charge in [-0.25, -0.2) is 9.59 Å². The van der Waals surface area contributed by atoms with Crippen molar-refractivity contribution in [1.82, 2.24) is 14.9 Å². The molecule has 8 nitrogen and oxygen atoms in total. The molecule has 9 heteroatoms. The number of nitrogens with one attached hydrogen (secondary N) is 2. The van der Waals surface area contributed by atoms with Crippen LogP contribution in [0.2, 0.25) is 5.02 Å². The summed E-state index contributed by atoms with van der Waals surface area (Å²) >= 11 is 6.10. The molecule has 0 spiro atoms.